The summed E-state index contributed by atoms with van der Waals surface area (Å²) in [7, 11) is 0. The molecule has 9 heteroatoms. The SMILES string of the molecule is Cc1cc(C)n(-c2c(C)nnc(C)c2-c2ccc(Cl)cc2)n1.Cc1nnc(C)c(-c2ccc(Cl)cc2)c1Cl. The minimum absolute atomic E-state index is 0.648. The average Bonchev–Trinajstić information content (AvgIpc) is 3.22. The first kappa shape index (κ1) is 27.7. The van der Waals surface area contributed by atoms with E-state index in [-0.39, 0.29) is 0 Å². The molecule has 0 radical (unpaired) electrons. The van der Waals surface area contributed by atoms with E-state index in [1.807, 2.05) is 94.8 Å². The van der Waals surface area contributed by atoms with E-state index in [0.29, 0.717) is 15.1 Å². The van der Waals surface area contributed by atoms with Gasteiger partial charge in [0.05, 0.1) is 39.2 Å². The Morgan fingerprint density at radius 1 is 0.553 bits per heavy atom. The van der Waals surface area contributed by atoms with E-state index in [0.717, 1.165) is 62.1 Å². The Morgan fingerprint density at radius 3 is 1.50 bits per heavy atom. The van der Waals surface area contributed by atoms with Gasteiger partial charge in [-0.2, -0.15) is 25.5 Å². The van der Waals surface area contributed by atoms with Crippen LogP contribution in [-0.2, 0) is 0 Å². The highest BCUT2D eigenvalue weighted by molar-refractivity contribution is 6.34. The van der Waals surface area contributed by atoms with Gasteiger partial charge in [0.2, 0.25) is 0 Å². The zero-order valence-electron chi connectivity index (χ0n) is 22.0. The number of rotatable bonds is 3. The zero-order valence-corrected chi connectivity index (χ0v) is 24.3. The normalized spacial score (nSPS) is 10.8. The third-order valence-corrected chi connectivity index (χ3v) is 6.99. The minimum atomic E-state index is 0.648. The first-order chi connectivity index (χ1) is 18.1. The Labute approximate surface area is 237 Å². The van der Waals surface area contributed by atoms with E-state index in [1.54, 1.807) is 0 Å². The van der Waals surface area contributed by atoms with E-state index in [1.165, 1.54) is 0 Å². The maximum atomic E-state index is 6.24. The van der Waals surface area contributed by atoms with Crippen LogP contribution in [0.2, 0.25) is 15.1 Å². The number of aryl methyl sites for hydroxylation is 6. The summed E-state index contributed by atoms with van der Waals surface area (Å²) in [6.45, 7) is 11.7. The second-order valence-electron chi connectivity index (χ2n) is 9.01. The third kappa shape index (κ3) is 5.88. The van der Waals surface area contributed by atoms with E-state index >= 15 is 0 Å². The van der Waals surface area contributed by atoms with E-state index in [9.17, 15) is 0 Å². The number of hydrogen-bond donors (Lipinski definition) is 0. The van der Waals surface area contributed by atoms with Crippen molar-refractivity contribution in [2.24, 2.45) is 0 Å². The molecule has 0 saturated carbocycles. The van der Waals surface area contributed by atoms with Gasteiger partial charge >= 0.3 is 0 Å². The molecule has 0 bridgehead atoms. The Kier molecular flexibility index (Phi) is 8.46. The molecular formula is C29H27Cl3N6. The largest absolute Gasteiger partial charge is 0.235 e. The molecule has 3 heterocycles. The molecule has 2 aromatic carbocycles. The van der Waals surface area contributed by atoms with Crippen molar-refractivity contribution in [3.05, 3.63) is 104 Å². The lowest BCUT2D eigenvalue weighted by atomic mass is 10.0. The van der Waals surface area contributed by atoms with Crippen LogP contribution in [0.3, 0.4) is 0 Å². The van der Waals surface area contributed by atoms with Gasteiger partial charge in [-0.25, -0.2) is 4.68 Å². The summed E-state index contributed by atoms with van der Waals surface area (Å²) < 4.78 is 1.94. The van der Waals surface area contributed by atoms with Crippen molar-refractivity contribution >= 4 is 34.8 Å². The van der Waals surface area contributed by atoms with Crippen LogP contribution in [0.4, 0.5) is 0 Å². The number of hydrogen-bond acceptors (Lipinski definition) is 5. The molecule has 5 aromatic rings. The summed E-state index contributed by atoms with van der Waals surface area (Å²) >= 11 is 18.1. The van der Waals surface area contributed by atoms with E-state index < -0.39 is 0 Å². The molecule has 0 amide bonds. The lowest BCUT2D eigenvalue weighted by molar-refractivity contribution is 0.801. The Morgan fingerprint density at radius 2 is 1.00 bits per heavy atom. The van der Waals surface area contributed by atoms with Crippen LogP contribution in [0.25, 0.3) is 27.9 Å². The van der Waals surface area contributed by atoms with Crippen molar-refractivity contribution in [2.45, 2.75) is 41.5 Å². The fraction of sp³-hybridized carbons (Fsp3) is 0.207. The monoisotopic (exact) mass is 564 g/mol. The zero-order chi connectivity index (χ0) is 27.6. The third-order valence-electron chi connectivity index (χ3n) is 6.03. The summed E-state index contributed by atoms with van der Waals surface area (Å²) in [6, 6.07) is 17.4. The van der Waals surface area contributed by atoms with Crippen molar-refractivity contribution < 1.29 is 0 Å². The van der Waals surface area contributed by atoms with Gasteiger partial charge in [0.15, 0.2) is 0 Å². The van der Waals surface area contributed by atoms with Crippen molar-refractivity contribution in [1.82, 2.24) is 30.2 Å². The molecule has 0 atom stereocenters. The molecule has 0 aliphatic carbocycles. The number of benzene rings is 2. The summed E-state index contributed by atoms with van der Waals surface area (Å²) in [5.74, 6) is 0. The fourth-order valence-electron chi connectivity index (χ4n) is 4.21. The highest BCUT2D eigenvalue weighted by atomic mass is 35.5. The van der Waals surface area contributed by atoms with Crippen LogP contribution >= 0.6 is 34.8 Å². The molecule has 5 rings (SSSR count). The summed E-state index contributed by atoms with van der Waals surface area (Å²) in [6.07, 6.45) is 0. The van der Waals surface area contributed by atoms with Crippen LogP contribution in [0.15, 0.2) is 54.6 Å². The van der Waals surface area contributed by atoms with Gasteiger partial charge in [0.25, 0.3) is 0 Å². The molecule has 0 aliphatic heterocycles. The highest BCUT2D eigenvalue weighted by Crippen LogP contribution is 2.33. The van der Waals surface area contributed by atoms with Crippen LogP contribution < -0.4 is 0 Å². The molecule has 6 nitrogen and oxygen atoms in total. The van der Waals surface area contributed by atoms with Gasteiger partial charge in [-0.05, 0) is 83.0 Å². The topological polar surface area (TPSA) is 69.4 Å². The molecule has 0 aliphatic rings. The quantitative estimate of drug-likeness (QED) is 0.220. The molecule has 0 saturated heterocycles. The molecular weight excluding hydrogens is 539 g/mol. The molecule has 3 aromatic heterocycles. The van der Waals surface area contributed by atoms with Crippen LogP contribution in [0.5, 0.6) is 0 Å². The van der Waals surface area contributed by atoms with Gasteiger partial charge in [-0.15, -0.1) is 0 Å². The second kappa shape index (κ2) is 11.6. The fourth-order valence-corrected chi connectivity index (χ4v) is 4.75. The van der Waals surface area contributed by atoms with Crippen molar-refractivity contribution in [1.29, 1.82) is 0 Å². The lowest BCUT2D eigenvalue weighted by Gasteiger charge is -2.15. The van der Waals surface area contributed by atoms with Crippen molar-refractivity contribution in [3.63, 3.8) is 0 Å². The van der Waals surface area contributed by atoms with E-state index in [4.69, 9.17) is 34.8 Å². The maximum absolute atomic E-state index is 6.24. The first-order valence-corrected chi connectivity index (χ1v) is 13.1. The predicted molar refractivity (Wildman–Crippen MR) is 156 cm³/mol. The molecule has 0 spiro atoms. The van der Waals surface area contributed by atoms with Crippen LogP contribution in [0.1, 0.15) is 34.2 Å². The first-order valence-electron chi connectivity index (χ1n) is 12.0. The lowest BCUT2D eigenvalue weighted by Crippen LogP contribution is -2.08. The van der Waals surface area contributed by atoms with E-state index in [2.05, 4.69) is 31.6 Å². The van der Waals surface area contributed by atoms with Gasteiger partial charge in [-0.1, -0.05) is 59.1 Å². The maximum Gasteiger partial charge on any atom is 0.0976 e. The van der Waals surface area contributed by atoms with Gasteiger partial charge < -0.3 is 0 Å². The second-order valence-corrected chi connectivity index (χ2v) is 10.3. The van der Waals surface area contributed by atoms with Crippen molar-refractivity contribution in [3.8, 4) is 27.9 Å². The minimum Gasteiger partial charge on any atom is -0.235 e. The number of aromatic nitrogens is 6. The number of nitrogens with zero attached hydrogens (tertiary/aromatic N) is 6. The van der Waals surface area contributed by atoms with Crippen LogP contribution in [0, 0.1) is 41.5 Å². The molecule has 0 fully saturated rings. The smallest absolute Gasteiger partial charge is 0.0976 e. The predicted octanol–water partition coefficient (Wildman–Crippen LogP) is 8.28. The summed E-state index contributed by atoms with van der Waals surface area (Å²) in [4.78, 5) is 0. The standard InChI is InChI=1S/C17H17ClN4.C12H10Cl2N2/c1-10-9-11(2)22(21-10)17-13(4)20-19-12(3)16(17)14-5-7-15(18)8-6-14;1-7-11(12(14)8(2)16-15-7)9-3-5-10(13)6-4-9/h5-9H,1-4H3;3-6H,1-2H3. The Balaban J connectivity index is 0.000000186. The molecule has 0 unspecified atom stereocenters. The summed E-state index contributed by atoms with van der Waals surface area (Å²) in [5, 5.41) is 23.3. The average molecular weight is 566 g/mol. The Bertz CT molecular complexity index is 1590. The molecule has 194 valence electrons. The molecule has 38 heavy (non-hydrogen) atoms. The Hall–Kier alpha value is -3.32. The summed E-state index contributed by atoms with van der Waals surface area (Å²) in [5.41, 5.74) is 10.3. The van der Waals surface area contributed by atoms with Gasteiger partial charge in [-0.3, -0.25) is 0 Å². The highest BCUT2D eigenvalue weighted by Gasteiger charge is 2.18. The van der Waals surface area contributed by atoms with Crippen LogP contribution in [-0.4, -0.2) is 30.2 Å². The number of halogens is 3. The van der Waals surface area contributed by atoms with Crippen molar-refractivity contribution in [2.75, 3.05) is 0 Å². The van der Waals surface area contributed by atoms with Gasteiger partial charge in [0.1, 0.15) is 0 Å². The van der Waals surface area contributed by atoms with Gasteiger partial charge in [0, 0.05) is 26.9 Å². The molecule has 0 N–H and O–H groups in total.